The molecule has 0 aromatic carbocycles. The molecule has 0 radical (unpaired) electrons. The summed E-state index contributed by atoms with van der Waals surface area (Å²) in [5.41, 5.74) is 5.65. The number of nitrogens with one attached hydrogen (secondary N) is 2. The normalized spacial score (nSPS) is 11.6. The summed E-state index contributed by atoms with van der Waals surface area (Å²) in [6.45, 7) is 3.44. The molecule has 88 valence electrons. The van der Waals surface area contributed by atoms with Crippen LogP contribution < -0.4 is 11.1 Å². The van der Waals surface area contributed by atoms with Gasteiger partial charge in [0, 0.05) is 0 Å². The van der Waals surface area contributed by atoms with Gasteiger partial charge in [0.25, 0.3) is 0 Å². The van der Waals surface area contributed by atoms with Crippen LogP contribution in [0.15, 0.2) is 11.4 Å². The minimum atomic E-state index is -0.647. The van der Waals surface area contributed by atoms with Crippen molar-refractivity contribution < 1.29 is 14.7 Å². The fourth-order valence-corrected chi connectivity index (χ4v) is 0.975. The number of carbonyl (C=O) groups is 1. The van der Waals surface area contributed by atoms with Crippen molar-refractivity contribution in [3.05, 3.63) is 11.8 Å². The molecule has 0 fully saturated rings. The van der Waals surface area contributed by atoms with Crippen LogP contribution in [0.4, 0.5) is 10.6 Å². The zero-order valence-electron chi connectivity index (χ0n) is 8.89. The molecule has 1 amide bonds. The molecule has 0 atom stereocenters. The van der Waals surface area contributed by atoms with E-state index >= 15 is 0 Å². The highest BCUT2D eigenvalue weighted by Crippen LogP contribution is 2.10. The third kappa shape index (κ3) is 2.87. The van der Waals surface area contributed by atoms with Gasteiger partial charge >= 0.3 is 6.09 Å². The molecule has 0 saturated heterocycles. The molecular weight excluding hydrogens is 214 g/mol. The van der Waals surface area contributed by atoms with Crippen molar-refractivity contribution in [2.75, 3.05) is 5.32 Å². The largest absolute Gasteiger partial charge is 0.447 e. The van der Waals surface area contributed by atoms with E-state index in [1.165, 1.54) is 6.20 Å². The summed E-state index contributed by atoms with van der Waals surface area (Å²) in [4.78, 5) is 11.3. The number of oxime groups is 1. The first-order valence-corrected chi connectivity index (χ1v) is 4.53. The number of anilines is 1. The van der Waals surface area contributed by atoms with Crippen molar-refractivity contribution in [3.8, 4) is 0 Å². The van der Waals surface area contributed by atoms with Crippen LogP contribution in [0.25, 0.3) is 0 Å². The number of hydrogen-bond donors (Lipinski definition) is 4. The lowest BCUT2D eigenvalue weighted by molar-refractivity contribution is 0.130. The van der Waals surface area contributed by atoms with Crippen LogP contribution in [0.1, 0.15) is 19.4 Å². The zero-order valence-corrected chi connectivity index (χ0v) is 8.89. The predicted molar refractivity (Wildman–Crippen MR) is 56.3 cm³/mol. The number of aromatic nitrogens is 2. The summed E-state index contributed by atoms with van der Waals surface area (Å²) in [6.07, 6.45) is 0.432. The van der Waals surface area contributed by atoms with Gasteiger partial charge in [0.15, 0.2) is 5.84 Å². The highest BCUT2D eigenvalue weighted by atomic mass is 16.6. The molecule has 16 heavy (non-hydrogen) atoms. The second kappa shape index (κ2) is 5.01. The Balaban J connectivity index is 2.75. The van der Waals surface area contributed by atoms with E-state index in [1.807, 2.05) is 0 Å². The number of ether oxygens (including phenoxy) is 1. The fourth-order valence-electron chi connectivity index (χ4n) is 0.975. The maximum Gasteiger partial charge on any atom is 0.413 e. The average Bonchev–Trinajstić information content (AvgIpc) is 2.63. The maximum absolute atomic E-state index is 11.3. The Morgan fingerprint density at radius 3 is 3.00 bits per heavy atom. The molecule has 1 rings (SSSR count). The van der Waals surface area contributed by atoms with Crippen LogP contribution in [0.2, 0.25) is 0 Å². The highest BCUT2D eigenvalue weighted by Gasteiger charge is 2.13. The number of nitrogens with two attached hydrogens (primary N) is 1. The number of aromatic amines is 1. The third-order valence-electron chi connectivity index (χ3n) is 1.59. The Bertz CT molecular complexity index is 398. The molecular formula is C8H13N5O3. The Kier molecular flexibility index (Phi) is 3.70. The summed E-state index contributed by atoms with van der Waals surface area (Å²) in [5, 5.41) is 19.8. The molecule has 1 heterocycles. The van der Waals surface area contributed by atoms with Crippen LogP contribution >= 0.6 is 0 Å². The van der Waals surface area contributed by atoms with Gasteiger partial charge in [-0.25, -0.2) is 4.79 Å². The van der Waals surface area contributed by atoms with E-state index < -0.39 is 6.09 Å². The van der Waals surface area contributed by atoms with Crippen molar-refractivity contribution in [3.63, 3.8) is 0 Å². The van der Waals surface area contributed by atoms with Gasteiger partial charge in [-0.3, -0.25) is 10.4 Å². The lowest BCUT2D eigenvalue weighted by Crippen LogP contribution is -2.21. The molecule has 0 aliphatic heterocycles. The molecule has 0 unspecified atom stereocenters. The standard InChI is InChI=1S/C8H13N5O3/c1-4(2)16-8(14)11-7-5(3-10-12-7)6(9)13-15/h3-4,15H,1-2H3,(H2,9,13)(H2,10,11,12,14). The van der Waals surface area contributed by atoms with Crippen LogP contribution in [0.3, 0.4) is 0 Å². The number of amides is 1. The van der Waals surface area contributed by atoms with Gasteiger partial charge in [0.1, 0.15) is 5.82 Å². The summed E-state index contributed by atoms with van der Waals surface area (Å²) >= 11 is 0. The number of H-pyrrole nitrogens is 1. The minimum absolute atomic E-state index is 0.159. The van der Waals surface area contributed by atoms with Gasteiger partial charge in [-0.05, 0) is 13.8 Å². The molecule has 1 aromatic heterocycles. The van der Waals surface area contributed by atoms with Crippen molar-refractivity contribution in [2.45, 2.75) is 20.0 Å². The molecule has 8 heteroatoms. The predicted octanol–water partition coefficient (Wildman–Crippen LogP) is 0.461. The number of hydrogen-bond acceptors (Lipinski definition) is 5. The van der Waals surface area contributed by atoms with E-state index in [-0.39, 0.29) is 23.3 Å². The van der Waals surface area contributed by atoms with E-state index in [2.05, 4.69) is 20.7 Å². The molecule has 0 bridgehead atoms. The van der Waals surface area contributed by atoms with Crippen molar-refractivity contribution >= 4 is 17.7 Å². The molecule has 0 aliphatic carbocycles. The lowest BCUT2D eigenvalue weighted by atomic mass is 10.3. The van der Waals surface area contributed by atoms with Crippen LogP contribution in [-0.4, -0.2) is 33.4 Å². The van der Waals surface area contributed by atoms with Gasteiger partial charge in [-0.1, -0.05) is 5.16 Å². The van der Waals surface area contributed by atoms with Crippen LogP contribution in [-0.2, 0) is 4.74 Å². The van der Waals surface area contributed by atoms with Gasteiger partial charge in [0.2, 0.25) is 0 Å². The van der Waals surface area contributed by atoms with Gasteiger partial charge in [-0.2, -0.15) is 5.10 Å². The first kappa shape index (κ1) is 11.8. The van der Waals surface area contributed by atoms with E-state index in [9.17, 15) is 4.79 Å². The summed E-state index contributed by atoms with van der Waals surface area (Å²) in [7, 11) is 0. The van der Waals surface area contributed by atoms with E-state index in [0.717, 1.165) is 0 Å². The highest BCUT2D eigenvalue weighted by molar-refractivity contribution is 6.03. The smallest absolute Gasteiger partial charge is 0.413 e. The van der Waals surface area contributed by atoms with Crippen molar-refractivity contribution in [1.82, 2.24) is 10.2 Å². The third-order valence-corrected chi connectivity index (χ3v) is 1.59. The molecule has 5 N–H and O–H groups in total. The van der Waals surface area contributed by atoms with Crippen LogP contribution in [0, 0.1) is 0 Å². The molecule has 1 aromatic rings. The molecule has 0 aliphatic rings. The van der Waals surface area contributed by atoms with Crippen molar-refractivity contribution in [2.24, 2.45) is 10.9 Å². The summed E-state index contributed by atoms with van der Waals surface area (Å²) in [5.74, 6) is 0.0505. The molecule has 0 saturated carbocycles. The SMILES string of the molecule is CC(C)OC(=O)Nc1[nH]ncc1C(N)=NO. The molecule has 0 spiro atoms. The van der Waals surface area contributed by atoms with E-state index in [0.29, 0.717) is 0 Å². The van der Waals surface area contributed by atoms with Crippen LogP contribution in [0.5, 0.6) is 0 Å². The Morgan fingerprint density at radius 1 is 1.75 bits per heavy atom. The first-order chi connectivity index (χ1) is 7.54. The molecule has 8 nitrogen and oxygen atoms in total. The Labute approximate surface area is 91.5 Å². The van der Waals surface area contributed by atoms with Gasteiger partial charge in [0.05, 0.1) is 17.9 Å². The van der Waals surface area contributed by atoms with Gasteiger partial charge < -0.3 is 15.7 Å². The summed E-state index contributed by atoms with van der Waals surface area (Å²) < 4.78 is 4.85. The van der Waals surface area contributed by atoms with Crippen molar-refractivity contribution in [1.29, 1.82) is 0 Å². The Hall–Kier alpha value is -2.25. The lowest BCUT2D eigenvalue weighted by Gasteiger charge is -2.08. The number of amidine groups is 1. The summed E-state index contributed by atoms with van der Waals surface area (Å²) in [6, 6.07) is 0. The second-order valence-electron chi connectivity index (χ2n) is 3.22. The monoisotopic (exact) mass is 227 g/mol. The second-order valence-corrected chi connectivity index (χ2v) is 3.22. The maximum atomic E-state index is 11.3. The number of rotatable bonds is 3. The van der Waals surface area contributed by atoms with Gasteiger partial charge in [-0.15, -0.1) is 0 Å². The Morgan fingerprint density at radius 2 is 2.44 bits per heavy atom. The average molecular weight is 227 g/mol. The van der Waals surface area contributed by atoms with E-state index in [4.69, 9.17) is 15.7 Å². The van der Waals surface area contributed by atoms with E-state index in [1.54, 1.807) is 13.8 Å². The number of carbonyl (C=O) groups excluding carboxylic acids is 1. The fraction of sp³-hybridized carbons (Fsp3) is 0.375. The minimum Gasteiger partial charge on any atom is -0.447 e. The zero-order chi connectivity index (χ0) is 12.1. The topological polar surface area (TPSA) is 126 Å². The quantitative estimate of drug-likeness (QED) is 0.258. The number of nitrogens with zero attached hydrogens (tertiary/aromatic N) is 2. The first-order valence-electron chi connectivity index (χ1n) is 4.53.